The van der Waals surface area contributed by atoms with Gasteiger partial charge in [-0.15, -0.1) is 0 Å². The van der Waals surface area contributed by atoms with Gasteiger partial charge >= 0.3 is 5.97 Å². The van der Waals surface area contributed by atoms with Gasteiger partial charge in [-0.25, -0.2) is 4.79 Å². The number of carbonyl (C=O) groups excluding carboxylic acids is 1. The van der Waals surface area contributed by atoms with Crippen molar-refractivity contribution in [3.8, 4) is 0 Å². The average molecular weight is 254 g/mol. The van der Waals surface area contributed by atoms with E-state index in [0.717, 1.165) is 6.92 Å². The lowest BCUT2D eigenvalue weighted by molar-refractivity contribution is -0.301. The van der Waals surface area contributed by atoms with E-state index in [1.807, 2.05) is 26.8 Å². The summed E-state index contributed by atoms with van der Waals surface area (Å²) >= 11 is 0. The van der Waals surface area contributed by atoms with Crippen molar-refractivity contribution in [3.63, 3.8) is 0 Å². The molecule has 1 aromatic rings. The van der Waals surface area contributed by atoms with Crippen LogP contribution in [0.25, 0.3) is 0 Å². The predicted molar refractivity (Wildman–Crippen MR) is 66.0 cm³/mol. The number of hydrogen-bond acceptors (Lipinski definition) is 4. The Balaban J connectivity index is 0.000000631. The Bertz CT molecular complexity index is 374. The molecule has 5 nitrogen and oxygen atoms in total. The maximum Gasteiger partial charge on any atom is 0.373 e. The van der Waals surface area contributed by atoms with Crippen molar-refractivity contribution in [2.45, 2.75) is 33.3 Å². The third-order valence-electron chi connectivity index (χ3n) is 1.38. The summed E-state index contributed by atoms with van der Waals surface area (Å²) in [6, 6.07) is 8.73. The molecule has 0 heterocycles. The minimum atomic E-state index is -0.833. The Morgan fingerprint density at radius 3 is 1.94 bits per heavy atom. The van der Waals surface area contributed by atoms with E-state index in [0.29, 0.717) is 5.56 Å². The fourth-order valence-corrected chi connectivity index (χ4v) is 0.785. The van der Waals surface area contributed by atoms with E-state index in [2.05, 4.69) is 4.89 Å². The minimum absolute atomic E-state index is 0.472. The standard InChI is InChI=1S/C11H14O3.C2H4O2/c1-11(2,3)14-13-10(12)9-7-5-4-6-8-9;1-2(3)4/h4-8H,1-3H3;1H3,(H,3,4). The van der Waals surface area contributed by atoms with Gasteiger partial charge in [0.1, 0.15) is 5.60 Å². The summed E-state index contributed by atoms with van der Waals surface area (Å²) < 4.78 is 0. The second-order valence-electron chi connectivity index (χ2n) is 4.45. The van der Waals surface area contributed by atoms with Crippen molar-refractivity contribution in [2.24, 2.45) is 0 Å². The van der Waals surface area contributed by atoms with Gasteiger partial charge in [-0.1, -0.05) is 18.2 Å². The molecule has 0 spiro atoms. The zero-order valence-corrected chi connectivity index (χ0v) is 11.0. The Kier molecular flexibility index (Phi) is 6.67. The van der Waals surface area contributed by atoms with Crippen LogP contribution in [0.4, 0.5) is 0 Å². The van der Waals surface area contributed by atoms with E-state index in [1.165, 1.54) is 0 Å². The first-order valence-corrected chi connectivity index (χ1v) is 5.37. The van der Waals surface area contributed by atoms with Crippen molar-refractivity contribution >= 4 is 11.9 Å². The van der Waals surface area contributed by atoms with Gasteiger partial charge in [0.15, 0.2) is 0 Å². The number of hydrogen-bond donors (Lipinski definition) is 1. The van der Waals surface area contributed by atoms with Gasteiger partial charge in [-0.05, 0) is 32.9 Å². The fourth-order valence-electron chi connectivity index (χ4n) is 0.785. The number of carbonyl (C=O) groups is 2. The smallest absolute Gasteiger partial charge is 0.373 e. The molecule has 0 unspecified atom stereocenters. The summed E-state index contributed by atoms with van der Waals surface area (Å²) in [5.74, 6) is -1.31. The van der Waals surface area contributed by atoms with Gasteiger partial charge in [0.05, 0.1) is 5.56 Å². The minimum Gasteiger partial charge on any atom is -0.481 e. The van der Waals surface area contributed by atoms with Crippen LogP contribution in [-0.2, 0) is 14.6 Å². The van der Waals surface area contributed by atoms with Crippen LogP contribution in [0.15, 0.2) is 30.3 Å². The van der Waals surface area contributed by atoms with Gasteiger partial charge in [0.25, 0.3) is 5.97 Å². The van der Waals surface area contributed by atoms with Crippen molar-refractivity contribution in [1.82, 2.24) is 0 Å². The zero-order chi connectivity index (χ0) is 14.2. The van der Waals surface area contributed by atoms with Crippen LogP contribution in [0.1, 0.15) is 38.1 Å². The van der Waals surface area contributed by atoms with Gasteiger partial charge in [0.2, 0.25) is 0 Å². The molecule has 0 aliphatic heterocycles. The normalized spacial score (nSPS) is 10.0. The summed E-state index contributed by atoms with van der Waals surface area (Å²) in [5.41, 5.74) is 0.00140. The van der Waals surface area contributed by atoms with Crippen LogP contribution < -0.4 is 0 Å². The van der Waals surface area contributed by atoms with E-state index in [4.69, 9.17) is 14.8 Å². The van der Waals surface area contributed by atoms with Crippen LogP contribution in [0, 0.1) is 0 Å². The van der Waals surface area contributed by atoms with Crippen LogP contribution in [0.5, 0.6) is 0 Å². The van der Waals surface area contributed by atoms with Crippen LogP contribution >= 0.6 is 0 Å². The first-order valence-electron chi connectivity index (χ1n) is 5.37. The van der Waals surface area contributed by atoms with Gasteiger partial charge in [-0.2, -0.15) is 4.89 Å². The number of rotatable bonds is 2. The summed E-state index contributed by atoms with van der Waals surface area (Å²) in [7, 11) is 0. The van der Waals surface area contributed by atoms with Crippen molar-refractivity contribution in [1.29, 1.82) is 0 Å². The molecule has 0 atom stereocenters. The summed E-state index contributed by atoms with van der Waals surface area (Å²) in [4.78, 5) is 29.9. The molecule has 0 radical (unpaired) electrons. The highest BCUT2D eigenvalue weighted by Crippen LogP contribution is 2.09. The lowest BCUT2D eigenvalue weighted by Gasteiger charge is -2.16. The largest absolute Gasteiger partial charge is 0.481 e. The first kappa shape index (κ1) is 16.1. The second kappa shape index (κ2) is 7.45. The summed E-state index contributed by atoms with van der Waals surface area (Å²) in [6.07, 6.45) is 0. The lowest BCUT2D eigenvalue weighted by Crippen LogP contribution is -2.21. The molecule has 0 bridgehead atoms. The molecule has 0 aliphatic carbocycles. The fraction of sp³-hybridized carbons (Fsp3) is 0.385. The Hall–Kier alpha value is -1.88. The molecule has 0 aliphatic rings. The maximum atomic E-state index is 11.3. The summed E-state index contributed by atoms with van der Waals surface area (Å²) in [5, 5.41) is 7.42. The highest BCUT2D eigenvalue weighted by molar-refractivity contribution is 5.88. The van der Waals surface area contributed by atoms with Crippen molar-refractivity contribution < 1.29 is 24.5 Å². The molecule has 100 valence electrons. The molecule has 0 amide bonds. The summed E-state index contributed by atoms with van der Waals surface area (Å²) in [6.45, 7) is 6.52. The lowest BCUT2D eigenvalue weighted by atomic mass is 10.2. The highest BCUT2D eigenvalue weighted by Gasteiger charge is 2.15. The van der Waals surface area contributed by atoms with E-state index < -0.39 is 17.5 Å². The Morgan fingerprint density at radius 2 is 1.56 bits per heavy atom. The quantitative estimate of drug-likeness (QED) is 0.648. The second-order valence-corrected chi connectivity index (χ2v) is 4.45. The predicted octanol–water partition coefficient (Wildman–Crippen LogP) is 2.66. The molecule has 0 saturated carbocycles. The molecule has 0 saturated heterocycles. The molecule has 5 heteroatoms. The average Bonchev–Trinajstić information content (AvgIpc) is 2.25. The van der Waals surface area contributed by atoms with Gasteiger partial charge < -0.3 is 5.11 Å². The molecule has 18 heavy (non-hydrogen) atoms. The monoisotopic (exact) mass is 254 g/mol. The number of carboxylic acid groups (broad SMARTS) is 1. The van der Waals surface area contributed by atoms with Crippen molar-refractivity contribution in [2.75, 3.05) is 0 Å². The zero-order valence-electron chi connectivity index (χ0n) is 11.0. The first-order chi connectivity index (χ1) is 8.22. The SMILES string of the molecule is CC(=O)O.CC(C)(C)OOC(=O)c1ccccc1. The van der Waals surface area contributed by atoms with Crippen LogP contribution in [0.2, 0.25) is 0 Å². The molecule has 1 aromatic carbocycles. The van der Waals surface area contributed by atoms with Crippen LogP contribution in [-0.4, -0.2) is 22.6 Å². The molecule has 1 N–H and O–H groups in total. The number of carboxylic acids is 1. The van der Waals surface area contributed by atoms with Gasteiger partial charge in [0, 0.05) is 6.92 Å². The van der Waals surface area contributed by atoms with Crippen molar-refractivity contribution in [3.05, 3.63) is 35.9 Å². The Morgan fingerprint density at radius 1 is 1.11 bits per heavy atom. The number of aliphatic carboxylic acids is 1. The maximum absolute atomic E-state index is 11.3. The number of benzene rings is 1. The van der Waals surface area contributed by atoms with E-state index in [1.54, 1.807) is 24.3 Å². The molecular formula is C13H18O5. The third kappa shape index (κ3) is 9.35. The molecule has 0 aromatic heterocycles. The molecular weight excluding hydrogens is 236 g/mol. The van der Waals surface area contributed by atoms with E-state index >= 15 is 0 Å². The Labute approximate surface area is 106 Å². The molecule has 0 fully saturated rings. The highest BCUT2D eigenvalue weighted by atomic mass is 17.2. The molecule has 1 rings (SSSR count). The van der Waals surface area contributed by atoms with Gasteiger partial charge in [-0.3, -0.25) is 9.68 Å². The topological polar surface area (TPSA) is 72.8 Å². The van der Waals surface area contributed by atoms with Crippen LogP contribution in [0.3, 0.4) is 0 Å². The third-order valence-corrected chi connectivity index (χ3v) is 1.38. The van der Waals surface area contributed by atoms with E-state index in [-0.39, 0.29) is 0 Å². The van der Waals surface area contributed by atoms with E-state index in [9.17, 15) is 4.79 Å².